The highest BCUT2D eigenvalue weighted by molar-refractivity contribution is 5.85. The van der Waals surface area contributed by atoms with Crippen molar-refractivity contribution in [2.75, 3.05) is 6.54 Å². The van der Waals surface area contributed by atoms with Crippen LogP contribution >= 0.6 is 0 Å². The Bertz CT molecular complexity index is 311. The summed E-state index contributed by atoms with van der Waals surface area (Å²) in [5, 5.41) is 19.7. The van der Waals surface area contributed by atoms with Crippen molar-refractivity contribution in [1.29, 1.82) is 0 Å². The lowest BCUT2D eigenvalue weighted by Gasteiger charge is -2.12. The lowest BCUT2D eigenvalue weighted by Crippen LogP contribution is -2.26. The van der Waals surface area contributed by atoms with Crippen LogP contribution in [-0.2, 0) is 9.59 Å². The van der Waals surface area contributed by atoms with Crippen LogP contribution in [0.3, 0.4) is 0 Å². The van der Waals surface area contributed by atoms with Gasteiger partial charge in [0.1, 0.15) is 0 Å². The smallest absolute Gasteiger partial charge is 0.330 e. The van der Waals surface area contributed by atoms with E-state index in [1.807, 2.05) is 0 Å². The standard InChI is InChI=1S/C10H19NO2.C4H6O2/c1-4-7-11-9(3)6-5-8(2)10(12)13;1-3(2)4(5)6/h9,11H,2,4-7H2,1,3H3,(H,12,13);1H2,2H3,(H,5,6). The number of carbonyl (C=O) groups is 2. The summed E-state index contributed by atoms with van der Waals surface area (Å²) in [6.07, 6.45) is 2.50. The number of aliphatic carboxylic acids is 2. The van der Waals surface area contributed by atoms with E-state index in [1.165, 1.54) is 6.92 Å². The van der Waals surface area contributed by atoms with E-state index in [9.17, 15) is 9.59 Å². The zero-order chi connectivity index (χ0) is 15.4. The molecule has 3 N–H and O–H groups in total. The Kier molecular flexibility index (Phi) is 11.9. The van der Waals surface area contributed by atoms with Crippen LogP contribution in [0, 0.1) is 0 Å². The number of nitrogens with one attached hydrogen (secondary N) is 1. The average Bonchev–Trinajstić information content (AvgIpc) is 2.33. The van der Waals surface area contributed by atoms with Crippen molar-refractivity contribution in [2.24, 2.45) is 0 Å². The van der Waals surface area contributed by atoms with Gasteiger partial charge < -0.3 is 15.5 Å². The van der Waals surface area contributed by atoms with Crippen molar-refractivity contribution in [3.63, 3.8) is 0 Å². The van der Waals surface area contributed by atoms with Crippen molar-refractivity contribution in [3.8, 4) is 0 Å². The van der Waals surface area contributed by atoms with Gasteiger partial charge in [0.2, 0.25) is 0 Å². The Balaban J connectivity index is 0. The Morgan fingerprint density at radius 1 is 1.21 bits per heavy atom. The van der Waals surface area contributed by atoms with Crippen LogP contribution in [-0.4, -0.2) is 34.7 Å². The van der Waals surface area contributed by atoms with Gasteiger partial charge >= 0.3 is 11.9 Å². The van der Waals surface area contributed by atoms with E-state index in [-0.39, 0.29) is 5.57 Å². The highest BCUT2D eigenvalue weighted by Gasteiger charge is 2.06. The first-order valence-electron chi connectivity index (χ1n) is 6.25. The summed E-state index contributed by atoms with van der Waals surface area (Å²) < 4.78 is 0. The van der Waals surface area contributed by atoms with Crippen LogP contribution in [0.25, 0.3) is 0 Å². The lowest BCUT2D eigenvalue weighted by molar-refractivity contribution is -0.133. The monoisotopic (exact) mass is 271 g/mol. The molecule has 110 valence electrons. The quantitative estimate of drug-likeness (QED) is 0.590. The third-order valence-electron chi connectivity index (χ3n) is 2.29. The van der Waals surface area contributed by atoms with Gasteiger partial charge in [-0.25, -0.2) is 9.59 Å². The molecule has 0 aliphatic carbocycles. The first-order chi connectivity index (χ1) is 8.72. The van der Waals surface area contributed by atoms with E-state index in [1.54, 1.807) is 0 Å². The van der Waals surface area contributed by atoms with Crippen molar-refractivity contribution < 1.29 is 19.8 Å². The molecule has 0 heterocycles. The second-order valence-corrected chi connectivity index (χ2v) is 4.39. The second-order valence-electron chi connectivity index (χ2n) is 4.39. The average molecular weight is 271 g/mol. The maximum Gasteiger partial charge on any atom is 0.330 e. The molecule has 0 aliphatic rings. The molecule has 5 heteroatoms. The SMILES string of the molecule is C=C(C)C(=O)O.C=C(CCC(C)NCCC)C(=O)O. The highest BCUT2D eigenvalue weighted by Crippen LogP contribution is 2.05. The summed E-state index contributed by atoms with van der Waals surface area (Å²) in [5.74, 6) is -1.82. The molecule has 0 radical (unpaired) electrons. The third-order valence-corrected chi connectivity index (χ3v) is 2.29. The maximum absolute atomic E-state index is 10.4. The Hall–Kier alpha value is -1.62. The molecular formula is C14H25NO4. The van der Waals surface area contributed by atoms with E-state index >= 15 is 0 Å². The highest BCUT2D eigenvalue weighted by atomic mass is 16.4. The fourth-order valence-corrected chi connectivity index (χ4v) is 0.990. The zero-order valence-corrected chi connectivity index (χ0v) is 12.0. The minimum absolute atomic E-state index is 0.176. The molecule has 0 spiro atoms. The molecule has 1 unspecified atom stereocenters. The number of carboxylic acid groups (broad SMARTS) is 2. The summed E-state index contributed by atoms with van der Waals surface area (Å²) in [6, 6.07) is 0.371. The Morgan fingerprint density at radius 3 is 2.00 bits per heavy atom. The summed E-state index contributed by atoms with van der Waals surface area (Å²) in [4.78, 5) is 20.0. The van der Waals surface area contributed by atoms with Gasteiger partial charge in [-0.1, -0.05) is 20.1 Å². The van der Waals surface area contributed by atoms with Crippen molar-refractivity contribution >= 4 is 11.9 Å². The van der Waals surface area contributed by atoms with Gasteiger partial charge in [0.05, 0.1) is 0 Å². The number of hydrogen-bond donors (Lipinski definition) is 3. The van der Waals surface area contributed by atoms with E-state index in [0.717, 1.165) is 19.4 Å². The summed E-state index contributed by atoms with van der Waals surface area (Å²) >= 11 is 0. The number of hydrogen-bond acceptors (Lipinski definition) is 3. The normalized spacial score (nSPS) is 10.9. The van der Waals surface area contributed by atoms with E-state index < -0.39 is 11.9 Å². The van der Waals surface area contributed by atoms with Gasteiger partial charge in [0.25, 0.3) is 0 Å². The van der Waals surface area contributed by atoms with Gasteiger partial charge in [0, 0.05) is 17.2 Å². The van der Waals surface area contributed by atoms with Gasteiger partial charge in [-0.15, -0.1) is 0 Å². The first-order valence-corrected chi connectivity index (χ1v) is 6.25. The molecule has 0 aromatic heterocycles. The van der Waals surface area contributed by atoms with Crippen LogP contribution < -0.4 is 5.32 Å². The largest absolute Gasteiger partial charge is 0.478 e. The van der Waals surface area contributed by atoms with Crippen molar-refractivity contribution in [1.82, 2.24) is 5.32 Å². The van der Waals surface area contributed by atoms with Gasteiger partial charge in [0.15, 0.2) is 0 Å². The maximum atomic E-state index is 10.4. The molecule has 0 aromatic rings. The second kappa shape index (κ2) is 11.5. The molecule has 5 nitrogen and oxygen atoms in total. The fraction of sp³-hybridized carbons (Fsp3) is 0.571. The van der Waals surface area contributed by atoms with E-state index in [0.29, 0.717) is 18.0 Å². The Morgan fingerprint density at radius 2 is 1.68 bits per heavy atom. The van der Waals surface area contributed by atoms with Crippen LogP contribution in [0.15, 0.2) is 24.3 Å². The lowest BCUT2D eigenvalue weighted by atomic mass is 10.1. The molecule has 0 saturated heterocycles. The van der Waals surface area contributed by atoms with Crippen LogP contribution in [0.1, 0.15) is 40.0 Å². The molecular weight excluding hydrogens is 246 g/mol. The molecule has 0 aliphatic heterocycles. The van der Waals surface area contributed by atoms with Crippen LogP contribution in [0.2, 0.25) is 0 Å². The minimum atomic E-state index is -0.935. The molecule has 0 saturated carbocycles. The topological polar surface area (TPSA) is 86.6 Å². The molecule has 0 fully saturated rings. The number of rotatable bonds is 8. The Labute approximate surface area is 115 Å². The van der Waals surface area contributed by atoms with E-state index in [4.69, 9.17) is 10.2 Å². The fourth-order valence-electron chi connectivity index (χ4n) is 0.990. The third kappa shape index (κ3) is 14.3. The van der Waals surface area contributed by atoms with E-state index in [2.05, 4.69) is 32.3 Å². The van der Waals surface area contributed by atoms with Crippen LogP contribution in [0.4, 0.5) is 0 Å². The molecule has 0 aromatic carbocycles. The van der Waals surface area contributed by atoms with Gasteiger partial charge in [-0.05, 0) is 39.7 Å². The van der Waals surface area contributed by atoms with Gasteiger partial charge in [-0.2, -0.15) is 0 Å². The summed E-state index contributed by atoms with van der Waals surface area (Å²) in [6.45, 7) is 13.2. The molecule has 19 heavy (non-hydrogen) atoms. The van der Waals surface area contributed by atoms with Crippen molar-refractivity contribution in [3.05, 3.63) is 24.3 Å². The zero-order valence-electron chi connectivity index (χ0n) is 12.0. The minimum Gasteiger partial charge on any atom is -0.478 e. The predicted octanol–water partition coefficient (Wildman–Crippen LogP) is 2.44. The van der Waals surface area contributed by atoms with Crippen LogP contribution in [0.5, 0.6) is 0 Å². The number of carboxylic acids is 2. The summed E-state index contributed by atoms with van der Waals surface area (Å²) in [7, 11) is 0. The predicted molar refractivity (Wildman–Crippen MR) is 76.2 cm³/mol. The molecule has 0 bridgehead atoms. The first kappa shape index (κ1) is 19.7. The molecule has 0 amide bonds. The molecule has 0 rings (SSSR count). The van der Waals surface area contributed by atoms with Crippen molar-refractivity contribution in [2.45, 2.75) is 46.1 Å². The summed E-state index contributed by atoms with van der Waals surface area (Å²) in [5.41, 5.74) is 0.472. The van der Waals surface area contributed by atoms with Gasteiger partial charge in [-0.3, -0.25) is 0 Å². The molecule has 1 atom stereocenters.